The van der Waals surface area contributed by atoms with Crippen LogP contribution in [0.15, 0.2) is 0 Å². The monoisotopic (exact) mass is 284 g/mol. The SMILES string of the molecule is CN(CN1CCN(CN(C)C(C)(C)C)CC1)C(C)(C)C. The van der Waals surface area contributed by atoms with Crippen LogP contribution in [-0.2, 0) is 0 Å². The minimum absolute atomic E-state index is 0.254. The summed E-state index contributed by atoms with van der Waals surface area (Å²) in [6, 6.07) is 0. The molecule has 1 fully saturated rings. The van der Waals surface area contributed by atoms with Crippen LogP contribution >= 0.6 is 0 Å². The third-order valence-corrected chi connectivity index (χ3v) is 4.58. The van der Waals surface area contributed by atoms with Gasteiger partial charge in [-0.3, -0.25) is 19.6 Å². The van der Waals surface area contributed by atoms with Crippen molar-refractivity contribution in [3.63, 3.8) is 0 Å². The Morgan fingerprint density at radius 1 is 0.650 bits per heavy atom. The Morgan fingerprint density at radius 3 is 1.10 bits per heavy atom. The van der Waals surface area contributed by atoms with Gasteiger partial charge in [-0.25, -0.2) is 0 Å². The largest absolute Gasteiger partial charge is 0.289 e. The van der Waals surface area contributed by atoms with Gasteiger partial charge in [-0.1, -0.05) is 0 Å². The second kappa shape index (κ2) is 6.73. The van der Waals surface area contributed by atoms with Crippen LogP contribution in [0.25, 0.3) is 0 Å². The molecule has 1 rings (SSSR count). The fraction of sp³-hybridized carbons (Fsp3) is 1.00. The van der Waals surface area contributed by atoms with E-state index < -0.39 is 0 Å². The van der Waals surface area contributed by atoms with E-state index in [-0.39, 0.29) is 11.1 Å². The lowest BCUT2D eigenvalue weighted by Crippen LogP contribution is -2.55. The van der Waals surface area contributed by atoms with Gasteiger partial charge >= 0.3 is 0 Å². The number of rotatable bonds is 4. The number of nitrogens with zero attached hydrogens (tertiary/aromatic N) is 4. The molecule has 1 aliphatic heterocycles. The summed E-state index contributed by atoms with van der Waals surface area (Å²) in [6.07, 6.45) is 0. The van der Waals surface area contributed by atoms with Crippen LogP contribution in [0.2, 0.25) is 0 Å². The highest BCUT2D eigenvalue weighted by Crippen LogP contribution is 2.14. The quantitative estimate of drug-likeness (QED) is 0.782. The molecule has 0 spiro atoms. The zero-order valence-electron chi connectivity index (χ0n) is 15.0. The average molecular weight is 284 g/mol. The Kier molecular flexibility index (Phi) is 6.02. The predicted octanol–water partition coefficient (Wildman–Crippen LogP) is 1.98. The van der Waals surface area contributed by atoms with E-state index in [0.717, 1.165) is 13.3 Å². The predicted molar refractivity (Wildman–Crippen MR) is 87.9 cm³/mol. The highest BCUT2D eigenvalue weighted by Gasteiger charge is 2.25. The van der Waals surface area contributed by atoms with Crippen molar-refractivity contribution in [2.75, 3.05) is 53.6 Å². The summed E-state index contributed by atoms with van der Waals surface area (Å²) < 4.78 is 0. The van der Waals surface area contributed by atoms with Gasteiger partial charge in [-0.15, -0.1) is 0 Å². The fourth-order valence-electron chi connectivity index (χ4n) is 2.10. The smallest absolute Gasteiger partial charge is 0.0509 e. The topological polar surface area (TPSA) is 13.0 Å². The Labute approximate surface area is 126 Å². The molecular formula is C16H36N4. The molecule has 20 heavy (non-hydrogen) atoms. The lowest BCUT2D eigenvalue weighted by molar-refractivity contribution is 0.0159. The highest BCUT2D eigenvalue weighted by molar-refractivity contribution is 4.78. The maximum atomic E-state index is 2.57. The fourth-order valence-corrected chi connectivity index (χ4v) is 2.10. The summed E-state index contributed by atoms with van der Waals surface area (Å²) in [5, 5.41) is 0. The molecule has 4 heteroatoms. The standard InChI is InChI=1S/C16H36N4/c1-15(2,3)17(7)13-19-9-11-20(12-10-19)14-18(8)16(4,5)6/h9-14H2,1-8H3. The van der Waals surface area contributed by atoms with Crippen LogP contribution in [0.3, 0.4) is 0 Å². The number of hydrogen-bond donors (Lipinski definition) is 0. The van der Waals surface area contributed by atoms with Gasteiger partial charge in [0.15, 0.2) is 0 Å². The van der Waals surface area contributed by atoms with Gasteiger partial charge in [0.1, 0.15) is 0 Å². The maximum absolute atomic E-state index is 2.57. The summed E-state index contributed by atoms with van der Waals surface area (Å²) >= 11 is 0. The van der Waals surface area contributed by atoms with Crippen LogP contribution in [-0.4, -0.2) is 84.3 Å². The molecule has 0 aromatic rings. The molecule has 4 nitrogen and oxygen atoms in total. The van der Waals surface area contributed by atoms with Gasteiger partial charge in [0.05, 0.1) is 13.3 Å². The summed E-state index contributed by atoms with van der Waals surface area (Å²) in [6.45, 7) is 20.5. The van der Waals surface area contributed by atoms with Gasteiger partial charge in [0, 0.05) is 37.3 Å². The molecule has 1 saturated heterocycles. The van der Waals surface area contributed by atoms with E-state index in [0.29, 0.717) is 0 Å². The van der Waals surface area contributed by atoms with E-state index in [1.54, 1.807) is 0 Å². The van der Waals surface area contributed by atoms with Crippen molar-refractivity contribution in [1.82, 2.24) is 19.6 Å². The number of hydrogen-bond acceptors (Lipinski definition) is 4. The van der Waals surface area contributed by atoms with E-state index in [1.165, 1.54) is 26.2 Å². The molecule has 0 amide bonds. The molecule has 1 aliphatic rings. The lowest BCUT2D eigenvalue weighted by atomic mass is 10.1. The van der Waals surface area contributed by atoms with E-state index >= 15 is 0 Å². The first-order valence-corrected chi connectivity index (χ1v) is 7.87. The molecule has 1 heterocycles. The molecule has 0 radical (unpaired) electrons. The summed E-state index contributed by atoms with van der Waals surface area (Å²) in [5.41, 5.74) is 0.507. The first-order valence-electron chi connectivity index (χ1n) is 7.87. The first-order chi connectivity index (χ1) is 9.00. The zero-order valence-corrected chi connectivity index (χ0v) is 15.0. The second-order valence-electron chi connectivity index (χ2n) is 8.26. The summed E-state index contributed by atoms with van der Waals surface area (Å²) in [5.74, 6) is 0. The van der Waals surface area contributed by atoms with Crippen molar-refractivity contribution in [3.8, 4) is 0 Å². The molecule has 0 aromatic heterocycles. The van der Waals surface area contributed by atoms with Crippen molar-refractivity contribution >= 4 is 0 Å². The molecule has 120 valence electrons. The van der Waals surface area contributed by atoms with E-state index in [1.807, 2.05) is 0 Å². The number of piperazine rings is 1. The van der Waals surface area contributed by atoms with Gasteiger partial charge in [-0.2, -0.15) is 0 Å². The summed E-state index contributed by atoms with van der Waals surface area (Å²) in [7, 11) is 4.44. The third kappa shape index (κ3) is 5.68. The van der Waals surface area contributed by atoms with Gasteiger partial charge in [-0.05, 0) is 55.6 Å². The van der Waals surface area contributed by atoms with Crippen molar-refractivity contribution in [1.29, 1.82) is 0 Å². The molecule has 0 unspecified atom stereocenters. The minimum Gasteiger partial charge on any atom is -0.289 e. The molecule has 0 aromatic carbocycles. The van der Waals surface area contributed by atoms with E-state index in [9.17, 15) is 0 Å². The Morgan fingerprint density at radius 2 is 0.900 bits per heavy atom. The lowest BCUT2D eigenvalue weighted by Gasteiger charge is -2.43. The Balaban J connectivity index is 2.34. The zero-order chi connectivity index (χ0) is 15.6. The van der Waals surface area contributed by atoms with E-state index in [4.69, 9.17) is 0 Å². The minimum atomic E-state index is 0.254. The van der Waals surface area contributed by atoms with Crippen LogP contribution in [0, 0.1) is 0 Å². The van der Waals surface area contributed by atoms with Gasteiger partial charge in [0.2, 0.25) is 0 Å². The van der Waals surface area contributed by atoms with Gasteiger partial charge in [0.25, 0.3) is 0 Å². The van der Waals surface area contributed by atoms with Crippen LogP contribution < -0.4 is 0 Å². The molecule has 0 aliphatic carbocycles. The molecular weight excluding hydrogens is 248 g/mol. The molecule has 0 N–H and O–H groups in total. The van der Waals surface area contributed by atoms with E-state index in [2.05, 4.69) is 75.2 Å². The van der Waals surface area contributed by atoms with Crippen LogP contribution in [0.4, 0.5) is 0 Å². The maximum Gasteiger partial charge on any atom is 0.0509 e. The van der Waals surface area contributed by atoms with Crippen molar-refractivity contribution in [2.24, 2.45) is 0 Å². The van der Waals surface area contributed by atoms with Crippen LogP contribution in [0.1, 0.15) is 41.5 Å². The highest BCUT2D eigenvalue weighted by atomic mass is 15.4. The van der Waals surface area contributed by atoms with Crippen LogP contribution in [0.5, 0.6) is 0 Å². The van der Waals surface area contributed by atoms with Crippen molar-refractivity contribution in [3.05, 3.63) is 0 Å². The third-order valence-electron chi connectivity index (χ3n) is 4.58. The van der Waals surface area contributed by atoms with Gasteiger partial charge < -0.3 is 0 Å². The average Bonchev–Trinajstić information content (AvgIpc) is 2.29. The normalized spacial score (nSPS) is 20.1. The second-order valence-corrected chi connectivity index (χ2v) is 8.26. The van der Waals surface area contributed by atoms with Crippen molar-refractivity contribution < 1.29 is 0 Å². The Hall–Kier alpha value is -0.160. The molecule has 0 atom stereocenters. The molecule has 0 bridgehead atoms. The first kappa shape index (κ1) is 17.9. The molecule has 0 saturated carbocycles. The van der Waals surface area contributed by atoms with Crippen molar-refractivity contribution in [2.45, 2.75) is 52.6 Å². The Bertz CT molecular complexity index is 252. The summed E-state index contributed by atoms with van der Waals surface area (Å²) in [4.78, 5) is 10.0.